The maximum atomic E-state index is 12.4. The third kappa shape index (κ3) is 4.51. The maximum Gasteiger partial charge on any atom is 0.261 e. The number of carbonyl (C=O) groups excluding carboxylic acids is 1. The van der Waals surface area contributed by atoms with Crippen LogP contribution in [0.15, 0.2) is 40.9 Å². The highest BCUT2D eigenvalue weighted by Crippen LogP contribution is 2.25. The summed E-state index contributed by atoms with van der Waals surface area (Å²) in [6.45, 7) is 7.80. The lowest BCUT2D eigenvalue weighted by atomic mass is 10.1. The predicted octanol–water partition coefficient (Wildman–Crippen LogP) is 4.40. The van der Waals surface area contributed by atoms with Gasteiger partial charge in [0.25, 0.3) is 5.91 Å². The molecule has 1 amide bonds. The number of hydrogen-bond acceptors (Lipinski definition) is 5. The number of rotatable bonds is 6. The van der Waals surface area contributed by atoms with E-state index in [1.807, 2.05) is 39.0 Å². The normalized spacial score (nSPS) is 11.9. The zero-order valence-corrected chi connectivity index (χ0v) is 17.0. The Morgan fingerprint density at radius 2 is 2.00 bits per heavy atom. The van der Waals surface area contributed by atoms with Crippen molar-refractivity contribution in [3.05, 3.63) is 64.0 Å². The summed E-state index contributed by atoms with van der Waals surface area (Å²) in [5.74, 6) is 1.11. The van der Waals surface area contributed by atoms with Gasteiger partial charge in [0.05, 0.1) is 11.6 Å². The van der Waals surface area contributed by atoms with Crippen molar-refractivity contribution in [2.75, 3.05) is 0 Å². The molecule has 0 unspecified atom stereocenters. The molecule has 0 saturated carbocycles. The Labute approximate surface area is 168 Å². The van der Waals surface area contributed by atoms with Gasteiger partial charge in [0.2, 0.25) is 11.7 Å². The first kappa shape index (κ1) is 19.9. The Morgan fingerprint density at radius 1 is 1.25 bits per heavy atom. The van der Waals surface area contributed by atoms with Crippen molar-refractivity contribution in [2.45, 2.75) is 40.3 Å². The Morgan fingerprint density at radius 3 is 2.75 bits per heavy atom. The number of nitrogens with zero attached hydrogens (tertiary/aromatic N) is 2. The van der Waals surface area contributed by atoms with Crippen molar-refractivity contribution in [3.63, 3.8) is 0 Å². The first-order chi connectivity index (χ1) is 13.3. The highest BCUT2D eigenvalue weighted by atomic mass is 35.5. The SMILES string of the molecule is Cc1cc(C)c(C)c(O[C@H](C)C(=O)NCc2nc(-c3ccccc3Cl)no2)c1. The molecule has 0 fully saturated rings. The van der Waals surface area contributed by atoms with Crippen LogP contribution in [0.5, 0.6) is 5.75 Å². The number of ether oxygens (including phenoxy) is 1. The van der Waals surface area contributed by atoms with Crippen LogP contribution in [0.25, 0.3) is 11.4 Å². The molecule has 0 saturated heterocycles. The Kier molecular flexibility index (Phi) is 5.99. The molecular formula is C21H22ClN3O3. The van der Waals surface area contributed by atoms with Gasteiger partial charge in [0, 0.05) is 5.56 Å². The summed E-state index contributed by atoms with van der Waals surface area (Å²) >= 11 is 6.14. The van der Waals surface area contributed by atoms with Crippen LogP contribution in [0.4, 0.5) is 0 Å². The topological polar surface area (TPSA) is 77.2 Å². The second-order valence-corrected chi connectivity index (χ2v) is 7.08. The largest absolute Gasteiger partial charge is 0.481 e. The lowest BCUT2D eigenvalue weighted by Crippen LogP contribution is -2.36. The third-order valence-electron chi connectivity index (χ3n) is 4.43. The van der Waals surface area contributed by atoms with E-state index in [2.05, 4.69) is 21.5 Å². The molecule has 0 aliphatic heterocycles. The lowest BCUT2D eigenvalue weighted by Gasteiger charge is -2.17. The van der Waals surface area contributed by atoms with E-state index in [0.29, 0.717) is 22.2 Å². The minimum Gasteiger partial charge on any atom is -0.481 e. The number of aromatic nitrogens is 2. The van der Waals surface area contributed by atoms with Gasteiger partial charge in [-0.2, -0.15) is 4.98 Å². The molecule has 6 nitrogen and oxygen atoms in total. The molecular weight excluding hydrogens is 378 g/mol. The first-order valence-corrected chi connectivity index (χ1v) is 9.32. The number of halogens is 1. The monoisotopic (exact) mass is 399 g/mol. The Balaban J connectivity index is 1.61. The van der Waals surface area contributed by atoms with Crippen LogP contribution in [0.2, 0.25) is 5.02 Å². The van der Waals surface area contributed by atoms with E-state index in [-0.39, 0.29) is 18.3 Å². The number of aryl methyl sites for hydroxylation is 2. The summed E-state index contributed by atoms with van der Waals surface area (Å²) in [4.78, 5) is 16.7. The molecule has 2 aromatic carbocycles. The summed E-state index contributed by atoms with van der Waals surface area (Å²) < 4.78 is 11.0. The lowest BCUT2D eigenvalue weighted by molar-refractivity contribution is -0.127. The molecule has 7 heteroatoms. The molecule has 1 atom stereocenters. The highest BCUT2D eigenvalue weighted by molar-refractivity contribution is 6.33. The molecule has 0 radical (unpaired) electrons. The molecule has 1 heterocycles. The van der Waals surface area contributed by atoms with Crippen molar-refractivity contribution < 1.29 is 14.1 Å². The zero-order valence-electron chi connectivity index (χ0n) is 16.2. The second-order valence-electron chi connectivity index (χ2n) is 6.67. The van der Waals surface area contributed by atoms with E-state index in [9.17, 15) is 4.79 Å². The molecule has 146 valence electrons. The van der Waals surface area contributed by atoms with Crippen LogP contribution < -0.4 is 10.1 Å². The standard InChI is InChI=1S/C21H22ClN3O3/c1-12-9-13(2)14(3)18(10-12)27-15(4)21(26)23-11-19-24-20(25-28-19)16-7-5-6-8-17(16)22/h5-10,15H,11H2,1-4H3,(H,23,26)/t15-/m1/s1. The van der Waals surface area contributed by atoms with E-state index in [4.69, 9.17) is 20.9 Å². The Hall–Kier alpha value is -2.86. The number of carbonyl (C=O) groups is 1. The fraction of sp³-hybridized carbons (Fsp3) is 0.286. The average molecular weight is 400 g/mol. The van der Waals surface area contributed by atoms with Crippen LogP contribution in [0.1, 0.15) is 29.5 Å². The minimum absolute atomic E-state index is 0.107. The number of hydrogen-bond donors (Lipinski definition) is 1. The average Bonchev–Trinajstić information content (AvgIpc) is 3.12. The van der Waals surface area contributed by atoms with E-state index in [0.717, 1.165) is 16.7 Å². The number of benzene rings is 2. The van der Waals surface area contributed by atoms with Crippen LogP contribution in [0.3, 0.4) is 0 Å². The van der Waals surface area contributed by atoms with E-state index >= 15 is 0 Å². The second kappa shape index (κ2) is 8.44. The number of nitrogens with one attached hydrogen (secondary N) is 1. The fourth-order valence-corrected chi connectivity index (χ4v) is 2.97. The summed E-state index contributed by atoms with van der Waals surface area (Å²) in [7, 11) is 0. The van der Waals surface area contributed by atoms with Crippen LogP contribution >= 0.6 is 11.6 Å². The molecule has 0 bridgehead atoms. The van der Waals surface area contributed by atoms with Crippen molar-refractivity contribution in [1.82, 2.24) is 15.5 Å². The summed E-state index contributed by atoms with van der Waals surface area (Å²) in [5, 5.41) is 7.20. The van der Waals surface area contributed by atoms with Gasteiger partial charge in [0.15, 0.2) is 6.10 Å². The van der Waals surface area contributed by atoms with Crippen molar-refractivity contribution >= 4 is 17.5 Å². The predicted molar refractivity (Wildman–Crippen MR) is 107 cm³/mol. The van der Waals surface area contributed by atoms with Crippen LogP contribution in [0, 0.1) is 20.8 Å². The van der Waals surface area contributed by atoms with Gasteiger partial charge in [-0.3, -0.25) is 4.79 Å². The van der Waals surface area contributed by atoms with Gasteiger partial charge in [-0.25, -0.2) is 0 Å². The summed E-state index contributed by atoms with van der Waals surface area (Å²) in [5.41, 5.74) is 3.91. The van der Waals surface area contributed by atoms with Crippen LogP contribution in [-0.2, 0) is 11.3 Å². The Bertz CT molecular complexity index is 1000. The molecule has 1 aromatic heterocycles. The molecule has 1 N–H and O–H groups in total. The fourth-order valence-electron chi connectivity index (χ4n) is 2.75. The highest BCUT2D eigenvalue weighted by Gasteiger charge is 2.18. The van der Waals surface area contributed by atoms with Crippen LogP contribution in [-0.4, -0.2) is 22.2 Å². The minimum atomic E-state index is -0.661. The molecule has 0 aliphatic rings. The molecule has 3 aromatic rings. The van der Waals surface area contributed by atoms with Gasteiger partial charge in [-0.15, -0.1) is 0 Å². The molecule has 3 rings (SSSR count). The van der Waals surface area contributed by atoms with E-state index in [1.165, 1.54) is 0 Å². The van der Waals surface area contributed by atoms with Gasteiger partial charge < -0.3 is 14.6 Å². The van der Waals surface area contributed by atoms with Gasteiger partial charge in [0.1, 0.15) is 5.75 Å². The maximum absolute atomic E-state index is 12.4. The molecule has 0 spiro atoms. The smallest absolute Gasteiger partial charge is 0.261 e. The van der Waals surface area contributed by atoms with E-state index in [1.54, 1.807) is 19.1 Å². The molecule has 0 aliphatic carbocycles. The molecule has 28 heavy (non-hydrogen) atoms. The zero-order chi connectivity index (χ0) is 20.3. The van der Waals surface area contributed by atoms with Crippen molar-refractivity contribution in [2.24, 2.45) is 0 Å². The van der Waals surface area contributed by atoms with Gasteiger partial charge >= 0.3 is 0 Å². The summed E-state index contributed by atoms with van der Waals surface area (Å²) in [6.07, 6.45) is -0.661. The first-order valence-electron chi connectivity index (χ1n) is 8.95. The van der Waals surface area contributed by atoms with Gasteiger partial charge in [-0.05, 0) is 62.6 Å². The van der Waals surface area contributed by atoms with Gasteiger partial charge in [-0.1, -0.05) is 35.0 Å². The third-order valence-corrected chi connectivity index (χ3v) is 4.76. The van der Waals surface area contributed by atoms with E-state index < -0.39 is 6.10 Å². The van der Waals surface area contributed by atoms with Crippen molar-refractivity contribution in [1.29, 1.82) is 0 Å². The quantitative estimate of drug-likeness (QED) is 0.664. The van der Waals surface area contributed by atoms with Crippen molar-refractivity contribution in [3.8, 4) is 17.1 Å². The summed E-state index contributed by atoms with van der Waals surface area (Å²) in [6, 6.07) is 11.2. The number of amides is 1.